The predicted molar refractivity (Wildman–Crippen MR) is 94.6 cm³/mol. The summed E-state index contributed by atoms with van der Waals surface area (Å²) in [6.07, 6.45) is 0. The normalized spacial score (nSPS) is 25.8. The van der Waals surface area contributed by atoms with E-state index in [1.807, 2.05) is 11.7 Å². The zero-order valence-electron chi connectivity index (χ0n) is 15.2. The molecule has 3 aliphatic rings. The summed E-state index contributed by atoms with van der Waals surface area (Å²) in [4.78, 5) is 19.3. The van der Waals surface area contributed by atoms with Gasteiger partial charge in [0.25, 0.3) is 0 Å². The van der Waals surface area contributed by atoms with Crippen LogP contribution >= 0.6 is 0 Å². The number of aromatic nitrogens is 2. The highest BCUT2D eigenvalue weighted by Gasteiger charge is 2.35. The molecule has 1 atom stereocenters. The highest BCUT2D eigenvalue weighted by Crippen LogP contribution is 2.26. The fourth-order valence-corrected chi connectivity index (χ4v) is 4.25. The zero-order chi connectivity index (χ0) is 17.4. The first kappa shape index (κ1) is 16.8. The van der Waals surface area contributed by atoms with E-state index in [-0.39, 0.29) is 11.9 Å². The van der Waals surface area contributed by atoms with Crippen molar-refractivity contribution in [1.82, 2.24) is 24.9 Å². The van der Waals surface area contributed by atoms with Crippen molar-refractivity contribution in [3.05, 3.63) is 11.3 Å². The van der Waals surface area contributed by atoms with Crippen LogP contribution in [0.1, 0.15) is 11.3 Å². The topological polar surface area (TPSA) is 65.9 Å². The maximum absolute atomic E-state index is 12.2. The molecule has 0 unspecified atom stereocenters. The summed E-state index contributed by atoms with van der Waals surface area (Å²) in [7, 11) is 2.02. The van der Waals surface area contributed by atoms with Crippen molar-refractivity contribution < 1.29 is 9.53 Å². The summed E-state index contributed by atoms with van der Waals surface area (Å²) in [5.41, 5.74) is 2.37. The van der Waals surface area contributed by atoms with Crippen LogP contribution < -0.4 is 10.2 Å². The van der Waals surface area contributed by atoms with Crippen LogP contribution in [0.25, 0.3) is 0 Å². The zero-order valence-corrected chi connectivity index (χ0v) is 15.2. The molecule has 1 aromatic heterocycles. The summed E-state index contributed by atoms with van der Waals surface area (Å²) in [6, 6.07) is -0.00804. The van der Waals surface area contributed by atoms with Crippen molar-refractivity contribution in [1.29, 1.82) is 0 Å². The van der Waals surface area contributed by atoms with Crippen molar-refractivity contribution in [3.8, 4) is 0 Å². The number of hydrogen-bond acceptors (Lipinski definition) is 6. The van der Waals surface area contributed by atoms with Crippen LogP contribution in [0.15, 0.2) is 0 Å². The van der Waals surface area contributed by atoms with Gasteiger partial charge in [0.1, 0.15) is 11.9 Å². The largest absolute Gasteiger partial charge is 0.378 e. The average Bonchev–Trinajstić information content (AvgIpc) is 2.90. The molecule has 0 saturated carbocycles. The molecule has 138 valence electrons. The Labute approximate surface area is 148 Å². The molecule has 3 saturated heterocycles. The van der Waals surface area contributed by atoms with Gasteiger partial charge < -0.3 is 15.0 Å². The number of amides is 1. The summed E-state index contributed by atoms with van der Waals surface area (Å²) in [5.74, 6) is 1.38. The van der Waals surface area contributed by atoms with Crippen molar-refractivity contribution in [2.24, 2.45) is 7.05 Å². The van der Waals surface area contributed by atoms with Gasteiger partial charge in [-0.2, -0.15) is 5.10 Å². The van der Waals surface area contributed by atoms with Crippen LogP contribution in [0.5, 0.6) is 0 Å². The lowest BCUT2D eigenvalue weighted by Gasteiger charge is -2.43. The Morgan fingerprint density at radius 2 is 2.00 bits per heavy atom. The number of nitrogens with zero attached hydrogens (tertiary/aromatic N) is 5. The van der Waals surface area contributed by atoms with Gasteiger partial charge in [-0.25, -0.2) is 0 Å². The SMILES string of the molecule is Cc1nn(C)c(N2CCOCC2)c1CN1CCN2CCNC(=O)[C@@H]2C1. The first-order chi connectivity index (χ1) is 12.1. The first-order valence-electron chi connectivity index (χ1n) is 9.23. The van der Waals surface area contributed by atoms with Crippen molar-refractivity contribution in [2.75, 3.05) is 63.9 Å². The third-order valence-electron chi connectivity index (χ3n) is 5.58. The Morgan fingerprint density at radius 3 is 2.80 bits per heavy atom. The summed E-state index contributed by atoms with van der Waals surface area (Å²) in [6.45, 7) is 10.8. The summed E-state index contributed by atoms with van der Waals surface area (Å²) < 4.78 is 7.50. The summed E-state index contributed by atoms with van der Waals surface area (Å²) >= 11 is 0. The van der Waals surface area contributed by atoms with Crippen molar-refractivity contribution in [3.63, 3.8) is 0 Å². The lowest BCUT2D eigenvalue weighted by molar-refractivity contribution is -0.131. The van der Waals surface area contributed by atoms with E-state index in [4.69, 9.17) is 4.74 Å². The molecule has 8 nitrogen and oxygen atoms in total. The molecule has 4 rings (SSSR count). The maximum atomic E-state index is 12.2. The highest BCUT2D eigenvalue weighted by molar-refractivity contribution is 5.82. The van der Waals surface area contributed by atoms with E-state index in [9.17, 15) is 4.79 Å². The van der Waals surface area contributed by atoms with Crippen LogP contribution in [-0.4, -0.2) is 90.6 Å². The van der Waals surface area contributed by atoms with Crippen LogP contribution in [-0.2, 0) is 23.1 Å². The molecule has 0 aromatic carbocycles. The molecule has 0 aliphatic carbocycles. The molecule has 1 amide bonds. The molecule has 1 aromatic rings. The Hall–Kier alpha value is -1.64. The highest BCUT2D eigenvalue weighted by atomic mass is 16.5. The first-order valence-corrected chi connectivity index (χ1v) is 9.23. The number of morpholine rings is 1. The molecule has 8 heteroatoms. The van der Waals surface area contributed by atoms with E-state index in [1.54, 1.807) is 0 Å². The summed E-state index contributed by atoms with van der Waals surface area (Å²) in [5, 5.41) is 7.66. The number of carbonyl (C=O) groups is 1. The van der Waals surface area contributed by atoms with E-state index in [0.717, 1.165) is 71.3 Å². The molecule has 0 spiro atoms. The number of anilines is 1. The Balaban J connectivity index is 1.51. The number of fused-ring (bicyclic) bond motifs is 1. The Bertz CT molecular complexity index is 639. The van der Waals surface area contributed by atoms with E-state index >= 15 is 0 Å². The predicted octanol–water partition coefficient (Wildman–Crippen LogP) is -0.819. The van der Waals surface area contributed by atoms with Gasteiger partial charge in [-0.15, -0.1) is 0 Å². The van der Waals surface area contributed by atoms with Crippen LogP contribution in [0.3, 0.4) is 0 Å². The second-order valence-electron chi connectivity index (χ2n) is 7.19. The van der Waals surface area contributed by atoms with E-state index in [0.29, 0.717) is 0 Å². The average molecular weight is 348 g/mol. The minimum absolute atomic E-state index is 0.00804. The lowest BCUT2D eigenvalue weighted by Crippen LogP contribution is -2.63. The van der Waals surface area contributed by atoms with Crippen LogP contribution in [0.2, 0.25) is 0 Å². The molecule has 4 heterocycles. The number of aryl methyl sites for hydroxylation is 2. The van der Waals surface area contributed by atoms with Gasteiger partial charge in [-0.3, -0.25) is 19.3 Å². The molecule has 0 bridgehead atoms. The molecule has 25 heavy (non-hydrogen) atoms. The third-order valence-corrected chi connectivity index (χ3v) is 5.58. The number of piperazine rings is 2. The third kappa shape index (κ3) is 3.26. The number of rotatable bonds is 3. The fourth-order valence-electron chi connectivity index (χ4n) is 4.25. The minimum atomic E-state index is -0.00804. The molecular weight excluding hydrogens is 320 g/mol. The monoisotopic (exact) mass is 348 g/mol. The Morgan fingerprint density at radius 1 is 1.20 bits per heavy atom. The Kier molecular flexibility index (Phi) is 4.66. The smallest absolute Gasteiger partial charge is 0.238 e. The molecule has 0 radical (unpaired) electrons. The van der Waals surface area contributed by atoms with Crippen LogP contribution in [0.4, 0.5) is 5.82 Å². The van der Waals surface area contributed by atoms with E-state index < -0.39 is 0 Å². The minimum Gasteiger partial charge on any atom is -0.378 e. The second kappa shape index (κ2) is 6.93. The van der Waals surface area contributed by atoms with Gasteiger partial charge in [0, 0.05) is 65.0 Å². The van der Waals surface area contributed by atoms with Crippen molar-refractivity contribution >= 4 is 11.7 Å². The van der Waals surface area contributed by atoms with E-state index in [1.165, 1.54) is 11.4 Å². The number of hydrogen-bond donors (Lipinski definition) is 1. The number of carbonyl (C=O) groups excluding carboxylic acids is 1. The van der Waals surface area contributed by atoms with Gasteiger partial charge in [0.15, 0.2) is 0 Å². The number of ether oxygens (including phenoxy) is 1. The lowest BCUT2D eigenvalue weighted by atomic mass is 10.1. The molecule has 3 fully saturated rings. The van der Waals surface area contributed by atoms with Gasteiger partial charge in [-0.1, -0.05) is 0 Å². The van der Waals surface area contributed by atoms with Crippen LogP contribution in [0, 0.1) is 6.92 Å². The second-order valence-corrected chi connectivity index (χ2v) is 7.19. The fraction of sp³-hybridized carbons (Fsp3) is 0.765. The number of nitrogens with one attached hydrogen (secondary N) is 1. The molecule has 1 N–H and O–H groups in total. The molecule has 3 aliphatic heterocycles. The maximum Gasteiger partial charge on any atom is 0.238 e. The van der Waals surface area contributed by atoms with Gasteiger partial charge in [0.05, 0.1) is 18.9 Å². The van der Waals surface area contributed by atoms with Gasteiger partial charge in [-0.05, 0) is 6.92 Å². The van der Waals surface area contributed by atoms with Crippen molar-refractivity contribution in [2.45, 2.75) is 19.5 Å². The molecular formula is C17H28N6O2. The van der Waals surface area contributed by atoms with E-state index in [2.05, 4.69) is 32.0 Å². The quantitative estimate of drug-likeness (QED) is 0.770. The van der Waals surface area contributed by atoms with Gasteiger partial charge in [0.2, 0.25) is 5.91 Å². The standard InChI is InChI=1S/C17H28N6O2/c1-13-14(17(20(2)19-13)23-7-9-25-10-8-23)11-21-5-6-22-4-3-18-16(24)15(22)12-21/h15H,3-12H2,1-2H3,(H,18,24)/t15-/m0/s1. The van der Waals surface area contributed by atoms with Gasteiger partial charge >= 0.3 is 0 Å².